The van der Waals surface area contributed by atoms with Crippen LogP contribution in [-0.2, 0) is 0 Å². The highest BCUT2D eigenvalue weighted by molar-refractivity contribution is 9.10. The molecule has 0 amide bonds. The predicted octanol–water partition coefficient (Wildman–Crippen LogP) is 3.92. The van der Waals surface area contributed by atoms with E-state index in [-0.39, 0.29) is 5.82 Å². The molecule has 0 radical (unpaired) electrons. The Morgan fingerprint density at radius 1 is 1.00 bits per heavy atom. The maximum Gasteiger partial charge on any atom is 0.137 e. The molecule has 20 heavy (non-hydrogen) atoms. The molecule has 0 bridgehead atoms. The number of nitriles is 1. The lowest BCUT2D eigenvalue weighted by atomic mass is 10.2. The van der Waals surface area contributed by atoms with Crippen LogP contribution in [0.2, 0.25) is 0 Å². The number of benzene rings is 2. The second kappa shape index (κ2) is 6.92. The van der Waals surface area contributed by atoms with E-state index in [1.165, 1.54) is 6.07 Å². The SMILES string of the molecule is N#Cc1ccc(OCCOc2ccc(F)c(Br)c2)cc1. The Bertz CT molecular complexity index is 623. The van der Waals surface area contributed by atoms with Gasteiger partial charge in [-0.2, -0.15) is 5.26 Å². The average Bonchev–Trinajstić information content (AvgIpc) is 2.48. The number of rotatable bonds is 5. The summed E-state index contributed by atoms with van der Waals surface area (Å²) in [5.74, 6) is 0.917. The lowest BCUT2D eigenvalue weighted by Gasteiger charge is -2.08. The van der Waals surface area contributed by atoms with Crippen molar-refractivity contribution in [1.29, 1.82) is 5.26 Å². The van der Waals surface area contributed by atoms with Crippen molar-refractivity contribution in [1.82, 2.24) is 0 Å². The van der Waals surface area contributed by atoms with Gasteiger partial charge in [-0.3, -0.25) is 0 Å². The van der Waals surface area contributed by atoms with Crippen LogP contribution in [-0.4, -0.2) is 13.2 Å². The molecule has 2 aromatic rings. The van der Waals surface area contributed by atoms with Gasteiger partial charge in [0.15, 0.2) is 0 Å². The van der Waals surface area contributed by atoms with Gasteiger partial charge in [0, 0.05) is 0 Å². The van der Waals surface area contributed by atoms with Crippen LogP contribution in [0.25, 0.3) is 0 Å². The summed E-state index contributed by atoms with van der Waals surface area (Å²) in [5, 5.41) is 8.67. The molecular formula is C15H11BrFNO2. The molecule has 0 saturated carbocycles. The summed E-state index contributed by atoms with van der Waals surface area (Å²) in [5.41, 5.74) is 0.588. The van der Waals surface area contributed by atoms with Crippen molar-refractivity contribution in [2.24, 2.45) is 0 Å². The van der Waals surface area contributed by atoms with Gasteiger partial charge in [0.2, 0.25) is 0 Å². The van der Waals surface area contributed by atoms with Gasteiger partial charge in [0.25, 0.3) is 0 Å². The van der Waals surface area contributed by atoms with Gasteiger partial charge < -0.3 is 9.47 Å². The molecule has 0 fully saturated rings. The Labute approximate surface area is 124 Å². The van der Waals surface area contributed by atoms with E-state index in [2.05, 4.69) is 15.9 Å². The van der Waals surface area contributed by atoms with E-state index in [4.69, 9.17) is 14.7 Å². The Hall–Kier alpha value is -2.06. The molecule has 0 aromatic heterocycles. The van der Waals surface area contributed by atoms with E-state index < -0.39 is 0 Å². The molecule has 0 N–H and O–H groups in total. The highest BCUT2D eigenvalue weighted by atomic mass is 79.9. The van der Waals surface area contributed by atoms with Crippen LogP contribution >= 0.6 is 15.9 Å². The quantitative estimate of drug-likeness (QED) is 0.778. The fourth-order valence-electron chi connectivity index (χ4n) is 1.51. The van der Waals surface area contributed by atoms with Crippen LogP contribution in [0.4, 0.5) is 4.39 Å². The van der Waals surface area contributed by atoms with Crippen molar-refractivity contribution in [3.8, 4) is 17.6 Å². The van der Waals surface area contributed by atoms with Gasteiger partial charge in [-0.25, -0.2) is 4.39 Å². The highest BCUT2D eigenvalue weighted by Crippen LogP contribution is 2.21. The molecule has 2 rings (SSSR count). The van der Waals surface area contributed by atoms with Crippen molar-refractivity contribution < 1.29 is 13.9 Å². The van der Waals surface area contributed by atoms with Gasteiger partial charge in [-0.05, 0) is 58.4 Å². The lowest BCUT2D eigenvalue weighted by molar-refractivity contribution is 0.217. The molecule has 102 valence electrons. The summed E-state index contributed by atoms with van der Waals surface area (Å²) in [6.07, 6.45) is 0. The average molecular weight is 336 g/mol. The van der Waals surface area contributed by atoms with Crippen LogP contribution in [0.1, 0.15) is 5.56 Å². The monoisotopic (exact) mass is 335 g/mol. The third-order valence-electron chi connectivity index (χ3n) is 2.50. The predicted molar refractivity (Wildman–Crippen MR) is 76.2 cm³/mol. The second-order valence-electron chi connectivity index (χ2n) is 3.91. The Morgan fingerprint density at radius 2 is 1.60 bits per heavy atom. The number of ether oxygens (including phenoxy) is 2. The van der Waals surface area contributed by atoms with Crippen molar-refractivity contribution in [3.05, 3.63) is 58.3 Å². The fourth-order valence-corrected chi connectivity index (χ4v) is 1.87. The van der Waals surface area contributed by atoms with E-state index in [1.807, 2.05) is 6.07 Å². The minimum Gasteiger partial charge on any atom is -0.490 e. The van der Waals surface area contributed by atoms with Crippen LogP contribution in [0.5, 0.6) is 11.5 Å². The molecule has 0 aliphatic rings. The molecule has 0 aliphatic heterocycles. The summed E-state index contributed by atoms with van der Waals surface area (Å²) < 4.78 is 24.3. The van der Waals surface area contributed by atoms with Crippen molar-refractivity contribution in [2.75, 3.05) is 13.2 Å². The van der Waals surface area contributed by atoms with Gasteiger partial charge in [0.05, 0.1) is 16.1 Å². The zero-order valence-electron chi connectivity index (χ0n) is 10.5. The van der Waals surface area contributed by atoms with Crippen molar-refractivity contribution >= 4 is 15.9 Å². The smallest absolute Gasteiger partial charge is 0.137 e. The Balaban J connectivity index is 1.78. The number of halogens is 2. The standard InChI is InChI=1S/C15H11BrFNO2/c16-14-9-13(5-6-15(14)17)20-8-7-19-12-3-1-11(10-18)2-4-12/h1-6,9H,7-8H2. The van der Waals surface area contributed by atoms with Crippen LogP contribution in [0.3, 0.4) is 0 Å². The number of nitrogens with zero attached hydrogens (tertiary/aromatic N) is 1. The normalized spacial score (nSPS) is 9.85. The maximum absolute atomic E-state index is 13.0. The van der Waals surface area contributed by atoms with Crippen LogP contribution < -0.4 is 9.47 Å². The van der Waals surface area contributed by atoms with Crippen LogP contribution in [0.15, 0.2) is 46.9 Å². The van der Waals surface area contributed by atoms with Crippen LogP contribution in [0, 0.1) is 17.1 Å². The van der Waals surface area contributed by atoms with E-state index in [1.54, 1.807) is 36.4 Å². The molecular weight excluding hydrogens is 325 g/mol. The van der Waals surface area contributed by atoms with Crippen molar-refractivity contribution in [3.63, 3.8) is 0 Å². The first-order valence-electron chi connectivity index (χ1n) is 5.90. The zero-order chi connectivity index (χ0) is 14.4. The van der Waals surface area contributed by atoms with E-state index >= 15 is 0 Å². The fraction of sp³-hybridized carbons (Fsp3) is 0.133. The lowest BCUT2D eigenvalue weighted by Crippen LogP contribution is -2.09. The summed E-state index contributed by atoms with van der Waals surface area (Å²) >= 11 is 3.09. The summed E-state index contributed by atoms with van der Waals surface area (Å²) in [6, 6.07) is 13.3. The summed E-state index contributed by atoms with van der Waals surface area (Å²) in [4.78, 5) is 0. The number of hydrogen-bond acceptors (Lipinski definition) is 3. The second-order valence-corrected chi connectivity index (χ2v) is 4.76. The zero-order valence-corrected chi connectivity index (χ0v) is 12.1. The largest absolute Gasteiger partial charge is 0.490 e. The molecule has 0 saturated heterocycles. The molecule has 5 heteroatoms. The van der Waals surface area contributed by atoms with Gasteiger partial charge in [-0.1, -0.05) is 0 Å². The topological polar surface area (TPSA) is 42.2 Å². The molecule has 0 aliphatic carbocycles. The van der Waals surface area contributed by atoms with Gasteiger partial charge in [0.1, 0.15) is 30.5 Å². The third kappa shape index (κ3) is 3.97. The first-order chi connectivity index (χ1) is 9.69. The molecule has 0 unspecified atom stereocenters. The highest BCUT2D eigenvalue weighted by Gasteiger charge is 2.01. The maximum atomic E-state index is 13.0. The Morgan fingerprint density at radius 3 is 2.20 bits per heavy atom. The van der Waals surface area contributed by atoms with E-state index in [9.17, 15) is 4.39 Å². The minimum atomic E-state index is -0.328. The first-order valence-corrected chi connectivity index (χ1v) is 6.69. The molecule has 0 heterocycles. The molecule has 0 spiro atoms. The van der Waals surface area contributed by atoms with E-state index in [0.29, 0.717) is 34.7 Å². The molecule has 0 atom stereocenters. The van der Waals surface area contributed by atoms with Gasteiger partial charge in [-0.15, -0.1) is 0 Å². The Kier molecular flexibility index (Phi) is 4.97. The molecule has 2 aromatic carbocycles. The third-order valence-corrected chi connectivity index (χ3v) is 3.10. The van der Waals surface area contributed by atoms with E-state index in [0.717, 1.165) is 0 Å². The minimum absolute atomic E-state index is 0.328. The van der Waals surface area contributed by atoms with Gasteiger partial charge >= 0.3 is 0 Å². The molecule has 3 nitrogen and oxygen atoms in total. The summed E-state index contributed by atoms with van der Waals surface area (Å²) in [7, 11) is 0. The summed E-state index contributed by atoms with van der Waals surface area (Å²) in [6.45, 7) is 0.707. The number of hydrogen-bond donors (Lipinski definition) is 0. The van der Waals surface area contributed by atoms with Crippen molar-refractivity contribution in [2.45, 2.75) is 0 Å². The first kappa shape index (κ1) is 14.4.